The van der Waals surface area contributed by atoms with E-state index in [0.29, 0.717) is 46.7 Å². The largest absolute Gasteiger partial charge is 0.493 e. The first-order chi connectivity index (χ1) is 19.4. The highest BCUT2D eigenvalue weighted by molar-refractivity contribution is 6.04. The number of nitrogens with zero attached hydrogens (tertiary/aromatic N) is 5. The maximum atomic E-state index is 13.2. The van der Waals surface area contributed by atoms with Crippen LogP contribution in [0.4, 0.5) is 5.82 Å². The lowest BCUT2D eigenvalue weighted by atomic mass is 10.2. The Morgan fingerprint density at radius 1 is 0.925 bits per heavy atom. The SMILES string of the molecule is CCOc1cn(-c2c(C)ccnc2C)nc1C(=O)Nc1ccc(Oc2ccnc3cc(OC)c(OC)cc23)cn1. The summed E-state index contributed by atoms with van der Waals surface area (Å²) in [6.07, 6.45) is 6.59. The van der Waals surface area contributed by atoms with Crippen LogP contribution in [0.2, 0.25) is 0 Å². The van der Waals surface area contributed by atoms with Gasteiger partial charge in [-0.1, -0.05) is 0 Å². The number of carbonyl (C=O) groups excluding carboxylic acids is 1. The molecule has 0 unspecified atom stereocenters. The van der Waals surface area contributed by atoms with Crippen molar-refractivity contribution in [2.75, 3.05) is 26.1 Å². The number of nitrogens with one attached hydrogen (secondary N) is 1. The van der Waals surface area contributed by atoms with Gasteiger partial charge in [-0.2, -0.15) is 5.10 Å². The van der Waals surface area contributed by atoms with E-state index in [1.165, 1.54) is 6.20 Å². The summed E-state index contributed by atoms with van der Waals surface area (Å²) in [6.45, 7) is 6.07. The van der Waals surface area contributed by atoms with Gasteiger partial charge in [-0.3, -0.25) is 14.8 Å². The predicted octanol–water partition coefficient (Wildman–Crippen LogP) is 5.29. The van der Waals surface area contributed by atoms with Crippen LogP contribution in [0.15, 0.2) is 61.2 Å². The number of ether oxygens (including phenoxy) is 4. The van der Waals surface area contributed by atoms with Gasteiger partial charge >= 0.3 is 0 Å². The highest BCUT2D eigenvalue weighted by atomic mass is 16.5. The summed E-state index contributed by atoms with van der Waals surface area (Å²) in [5.74, 6) is 2.41. The zero-order valence-corrected chi connectivity index (χ0v) is 22.8. The molecular formula is C29H28N6O5. The lowest BCUT2D eigenvalue weighted by Gasteiger charge is -2.12. The highest BCUT2D eigenvalue weighted by Gasteiger charge is 2.21. The maximum Gasteiger partial charge on any atom is 0.281 e. The topological polar surface area (TPSA) is 123 Å². The normalized spacial score (nSPS) is 10.8. The van der Waals surface area contributed by atoms with E-state index in [9.17, 15) is 4.79 Å². The lowest BCUT2D eigenvalue weighted by molar-refractivity contribution is 0.101. The Morgan fingerprint density at radius 3 is 2.40 bits per heavy atom. The summed E-state index contributed by atoms with van der Waals surface area (Å²) in [6, 6.07) is 10.6. The first-order valence-corrected chi connectivity index (χ1v) is 12.5. The number of aromatic nitrogens is 5. The molecule has 0 aliphatic rings. The summed E-state index contributed by atoms with van der Waals surface area (Å²) in [7, 11) is 3.14. The number of hydrogen-bond donors (Lipinski definition) is 1. The van der Waals surface area contributed by atoms with E-state index < -0.39 is 5.91 Å². The number of hydrogen-bond acceptors (Lipinski definition) is 9. The molecule has 5 rings (SSSR count). The molecular weight excluding hydrogens is 512 g/mol. The second-order valence-electron chi connectivity index (χ2n) is 8.75. The van der Waals surface area contributed by atoms with Crippen molar-refractivity contribution in [3.63, 3.8) is 0 Å². The van der Waals surface area contributed by atoms with E-state index in [1.54, 1.807) is 61.8 Å². The monoisotopic (exact) mass is 540 g/mol. The molecule has 0 atom stereocenters. The van der Waals surface area contributed by atoms with Crippen molar-refractivity contribution in [2.45, 2.75) is 20.8 Å². The van der Waals surface area contributed by atoms with Crippen LogP contribution in [0.1, 0.15) is 28.7 Å². The molecule has 0 fully saturated rings. The fraction of sp³-hybridized carbons (Fsp3) is 0.207. The molecule has 1 amide bonds. The first-order valence-electron chi connectivity index (χ1n) is 12.5. The minimum absolute atomic E-state index is 0.138. The van der Waals surface area contributed by atoms with Crippen molar-refractivity contribution >= 4 is 22.6 Å². The number of rotatable bonds is 9. The van der Waals surface area contributed by atoms with Crippen molar-refractivity contribution in [2.24, 2.45) is 0 Å². The number of pyridine rings is 3. The fourth-order valence-corrected chi connectivity index (χ4v) is 4.28. The maximum absolute atomic E-state index is 13.2. The summed E-state index contributed by atoms with van der Waals surface area (Å²) in [5, 5.41) is 8.04. The van der Waals surface area contributed by atoms with Crippen LogP contribution in [-0.4, -0.2) is 51.5 Å². The van der Waals surface area contributed by atoms with Gasteiger partial charge in [0.2, 0.25) is 0 Å². The number of carbonyl (C=O) groups is 1. The molecule has 0 radical (unpaired) electrons. The number of methoxy groups -OCH3 is 2. The molecule has 1 N–H and O–H groups in total. The van der Waals surface area contributed by atoms with Crippen molar-refractivity contribution in [3.05, 3.63) is 78.1 Å². The van der Waals surface area contributed by atoms with Gasteiger partial charge in [-0.15, -0.1) is 0 Å². The van der Waals surface area contributed by atoms with Gasteiger partial charge in [0.15, 0.2) is 22.9 Å². The number of fused-ring (bicyclic) bond motifs is 1. The standard InChI is InChI=1S/C29H28N6O5/c1-6-39-25-16-35(28-17(2)9-11-30-18(28)3)34-27(25)29(36)33-26-8-7-19(15-32-26)40-22-10-12-31-21-14-24(38-5)23(37-4)13-20(21)22/h7-16H,6H2,1-5H3,(H,32,33,36). The Hall–Kier alpha value is -5.19. The summed E-state index contributed by atoms with van der Waals surface area (Å²) >= 11 is 0. The minimum Gasteiger partial charge on any atom is -0.493 e. The molecule has 11 nitrogen and oxygen atoms in total. The van der Waals surface area contributed by atoms with Gasteiger partial charge in [0.25, 0.3) is 5.91 Å². The van der Waals surface area contributed by atoms with Crippen LogP contribution >= 0.6 is 0 Å². The van der Waals surface area contributed by atoms with E-state index in [-0.39, 0.29) is 5.69 Å². The third-order valence-corrected chi connectivity index (χ3v) is 6.15. The molecule has 4 aromatic heterocycles. The molecule has 0 aliphatic heterocycles. The molecule has 40 heavy (non-hydrogen) atoms. The summed E-state index contributed by atoms with van der Waals surface area (Å²) in [4.78, 5) is 26.3. The fourth-order valence-electron chi connectivity index (χ4n) is 4.28. The van der Waals surface area contributed by atoms with Crippen molar-refractivity contribution < 1.29 is 23.7 Å². The lowest BCUT2D eigenvalue weighted by Crippen LogP contribution is -2.15. The number of amides is 1. The van der Waals surface area contributed by atoms with Crippen LogP contribution in [0.3, 0.4) is 0 Å². The number of benzene rings is 1. The zero-order chi connectivity index (χ0) is 28.2. The Morgan fingerprint density at radius 2 is 1.70 bits per heavy atom. The average molecular weight is 541 g/mol. The van der Waals surface area contributed by atoms with Crippen LogP contribution in [0.25, 0.3) is 16.6 Å². The first kappa shape index (κ1) is 26.4. The number of anilines is 1. The third-order valence-electron chi connectivity index (χ3n) is 6.15. The smallest absolute Gasteiger partial charge is 0.281 e. The predicted molar refractivity (Wildman–Crippen MR) is 149 cm³/mol. The third kappa shape index (κ3) is 5.21. The molecule has 1 aromatic carbocycles. The Labute approximate surface area is 230 Å². The highest BCUT2D eigenvalue weighted by Crippen LogP contribution is 2.37. The van der Waals surface area contributed by atoms with Crippen LogP contribution < -0.4 is 24.3 Å². The second kappa shape index (κ2) is 11.3. The molecule has 204 valence electrons. The van der Waals surface area contributed by atoms with Gasteiger partial charge in [0.1, 0.15) is 17.3 Å². The molecule has 0 bridgehead atoms. The van der Waals surface area contributed by atoms with Crippen LogP contribution in [0, 0.1) is 13.8 Å². The van der Waals surface area contributed by atoms with Gasteiger partial charge < -0.3 is 24.3 Å². The van der Waals surface area contributed by atoms with E-state index in [2.05, 4.69) is 25.4 Å². The van der Waals surface area contributed by atoms with Crippen molar-refractivity contribution in [3.8, 4) is 34.4 Å². The molecule has 5 aromatic rings. The summed E-state index contributed by atoms with van der Waals surface area (Å²) in [5.41, 5.74) is 3.38. The quantitative estimate of drug-likeness (QED) is 0.266. The van der Waals surface area contributed by atoms with Gasteiger partial charge in [-0.25, -0.2) is 9.67 Å². The Balaban J connectivity index is 1.36. The molecule has 0 saturated heterocycles. The van der Waals surface area contributed by atoms with E-state index in [4.69, 9.17) is 18.9 Å². The summed E-state index contributed by atoms with van der Waals surface area (Å²) < 4.78 is 24.2. The Bertz CT molecular complexity index is 1660. The number of aryl methyl sites for hydroxylation is 2. The second-order valence-corrected chi connectivity index (χ2v) is 8.75. The Kier molecular flexibility index (Phi) is 7.45. The van der Waals surface area contributed by atoms with Crippen molar-refractivity contribution in [1.29, 1.82) is 0 Å². The minimum atomic E-state index is -0.455. The van der Waals surface area contributed by atoms with Gasteiger partial charge in [0, 0.05) is 23.8 Å². The van der Waals surface area contributed by atoms with Gasteiger partial charge in [0.05, 0.1) is 50.1 Å². The van der Waals surface area contributed by atoms with E-state index in [1.807, 2.05) is 32.9 Å². The molecule has 0 saturated carbocycles. The van der Waals surface area contributed by atoms with Crippen LogP contribution in [-0.2, 0) is 0 Å². The van der Waals surface area contributed by atoms with E-state index >= 15 is 0 Å². The van der Waals surface area contributed by atoms with Crippen LogP contribution in [0.5, 0.6) is 28.7 Å². The van der Waals surface area contributed by atoms with Gasteiger partial charge in [-0.05, 0) is 56.7 Å². The van der Waals surface area contributed by atoms with Crippen molar-refractivity contribution in [1.82, 2.24) is 24.7 Å². The molecule has 0 spiro atoms. The van der Waals surface area contributed by atoms with E-state index in [0.717, 1.165) is 22.3 Å². The molecule has 0 aliphatic carbocycles. The zero-order valence-electron chi connectivity index (χ0n) is 22.8. The molecule has 11 heteroatoms. The average Bonchev–Trinajstić information content (AvgIpc) is 3.37. The molecule has 4 heterocycles.